The SMILES string of the molecule is COc1cc(C)c2[nH]ccc2c1C[N+]1=CCC(C2CCC2)=CC1.O=C(O)c1ccccc1. The van der Waals surface area contributed by atoms with Gasteiger partial charge in [0.25, 0.3) is 0 Å². The number of aryl methyl sites for hydroxylation is 1. The van der Waals surface area contributed by atoms with Gasteiger partial charge >= 0.3 is 5.97 Å². The van der Waals surface area contributed by atoms with Crippen LogP contribution in [0.4, 0.5) is 0 Å². The van der Waals surface area contributed by atoms with Crippen molar-refractivity contribution in [1.82, 2.24) is 4.98 Å². The van der Waals surface area contributed by atoms with Crippen molar-refractivity contribution in [1.29, 1.82) is 0 Å². The van der Waals surface area contributed by atoms with Gasteiger partial charge in [-0.2, -0.15) is 0 Å². The maximum Gasteiger partial charge on any atom is 0.335 e. The molecule has 0 bridgehead atoms. The van der Waals surface area contributed by atoms with Crippen LogP contribution in [0.25, 0.3) is 10.9 Å². The number of hydrogen-bond acceptors (Lipinski definition) is 2. The van der Waals surface area contributed by atoms with Crippen LogP contribution >= 0.6 is 0 Å². The Bertz CT molecular complexity index is 1150. The van der Waals surface area contributed by atoms with Gasteiger partial charge in [-0.1, -0.05) is 30.2 Å². The van der Waals surface area contributed by atoms with Crippen LogP contribution in [-0.4, -0.2) is 40.5 Å². The molecule has 0 amide bonds. The lowest BCUT2D eigenvalue weighted by Gasteiger charge is -2.28. The molecule has 2 N–H and O–H groups in total. The van der Waals surface area contributed by atoms with Crippen molar-refractivity contribution in [2.45, 2.75) is 39.2 Å². The first-order chi connectivity index (χ1) is 15.6. The van der Waals surface area contributed by atoms with Gasteiger partial charge in [0.05, 0.1) is 18.2 Å². The number of carboxylic acids is 1. The van der Waals surface area contributed by atoms with Crippen LogP contribution in [0.5, 0.6) is 5.75 Å². The largest absolute Gasteiger partial charge is 0.496 e. The number of allylic oxidation sites excluding steroid dienone is 1. The molecule has 2 heterocycles. The average Bonchev–Trinajstić information content (AvgIpc) is 3.27. The van der Waals surface area contributed by atoms with Gasteiger partial charge in [0.1, 0.15) is 12.0 Å². The van der Waals surface area contributed by atoms with Crippen LogP contribution in [0.1, 0.15) is 47.2 Å². The van der Waals surface area contributed by atoms with E-state index in [1.54, 1.807) is 43.0 Å². The van der Waals surface area contributed by atoms with Crippen molar-refractivity contribution in [3.63, 3.8) is 0 Å². The number of aromatic amines is 1. The summed E-state index contributed by atoms with van der Waals surface area (Å²) < 4.78 is 8.08. The lowest BCUT2D eigenvalue weighted by molar-refractivity contribution is -0.531. The lowest BCUT2D eigenvalue weighted by Crippen LogP contribution is -2.23. The van der Waals surface area contributed by atoms with E-state index in [1.807, 2.05) is 6.20 Å². The Labute approximate surface area is 189 Å². The zero-order chi connectivity index (χ0) is 22.5. The molecule has 3 aromatic rings. The normalized spacial score (nSPS) is 15.8. The van der Waals surface area contributed by atoms with Gasteiger partial charge in [0.15, 0.2) is 13.1 Å². The summed E-state index contributed by atoms with van der Waals surface area (Å²) in [7, 11) is 1.77. The molecular weight excluding hydrogens is 400 g/mol. The summed E-state index contributed by atoms with van der Waals surface area (Å²) in [6, 6.07) is 12.6. The molecule has 1 aliphatic heterocycles. The fourth-order valence-corrected chi connectivity index (χ4v) is 4.43. The van der Waals surface area contributed by atoms with Gasteiger partial charge in [0.2, 0.25) is 0 Å². The van der Waals surface area contributed by atoms with Crippen LogP contribution in [0.15, 0.2) is 60.3 Å². The lowest BCUT2D eigenvalue weighted by atomic mass is 9.78. The fourth-order valence-electron chi connectivity index (χ4n) is 4.43. The number of H-pyrrole nitrogens is 1. The van der Waals surface area contributed by atoms with Crippen molar-refractivity contribution in [3.05, 3.63) is 77.0 Å². The minimum Gasteiger partial charge on any atom is -0.496 e. The van der Waals surface area contributed by atoms with Crippen LogP contribution in [-0.2, 0) is 6.54 Å². The molecule has 166 valence electrons. The molecule has 1 aliphatic carbocycles. The van der Waals surface area contributed by atoms with Crippen molar-refractivity contribution in [2.24, 2.45) is 5.92 Å². The fraction of sp³-hybridized carbons (Fsp3) is 0.333. The molecule has 2 aromatic carbocycles. The second-order valence-electron chi connectivity index (χ2n) is 8.53. The first kappa shape index (κ1) is 21.9. The molecule has 1 aromatic heterocycles. The highest BCUT2D eigenvalue weighted by Gasteiger charge is 2.25. The van der Waals surface area contributed by atoms with Gasteiger partial charge in [-0.05, 0) is 61.6 Å². The standard InChI is InChI=1S/C20H25N2O.C7H6O2/c1-14-12-19(23-2)18(17-6-9-21-20(14)17)13-22-10-7-16(8-11-22)15-4-3-5-15;8-7(9)6-4-2-1-3-5-6/h6-7,9,11-12,15,21H,3-5,8,10,13H2,1-2H3;1-5H,(H,8,9)/q+1;. The quantitative estimate of drug-likeness (QED) is 0.409. The number of rotatable bonds is 5. The van der Waals surface area contributed by atoms with Crippen molar-refractivity contribution >= 4 is 23.1 Å². The third-order valence-electron chi connectivity index (χ3n) is 6.52. The van der Waals surface area contributed by atoms with Gasteiger partial charge in [-0.25, -0.2) is 9.37 Å². The summed E-state index contributed by atoms with van der Waals surface area (Å²) in [4.78, 5) is 13.6. The molecule has 0 unspecified atom stereocenters. The highest BCUT2D eigenvalue weighted by molar-refractivity contribution is 5.88. The first-order valence-electron chi connectivity index (χ1n) is 11.2. The third kappa shape index (κ3) is 4.77. The number of aromatic carboxylic acids is 1. The molecule has 0 saturated heterocycles. The van der Waals surface area contributed by atoms with E-state index in [0.29, 0.717) is 5.56 Å². The smallest absolute Gasteiger partial charge is 0.335 e. The summed E-state index contributed by atoms with van der Waals surface area (Å²) in [6.07, 6.45) is 12.2. The molecular formula is C27H31N2O3+. The Kier molecular flexibility index (Phi) is 6.74. The summed E-state index contributed by atoms with van der Waals surface area (Å²) in [5, 5.41) is 9.67. The van der Waals surface area contributed by atoms with E-state index in [0.717, 1.165) is 31.2 Å². The summed E-state index contributed by atoms with van der Waals surface area (Å²) in [6.45, 7) is 4.06. The Morgan fingerprint density at radius 2 is 2.00 bits per heavy atom. The predicted octanol–water partition coefficient (Wildman–Crippen LogP) is 5.58. The Hall–Kier alpha value is -3.34. The topological polar surface area (TPSA) is 65.3 Å². The Balaban J connectivity index is 0.000000230. The van der Waals surface area contributed by atoms with Crippen molar-refractivity contribution in [2.75, 3.05) is 13.7 Å². The minimum atomic E-state index is -0.879. The van der Waals surface area contributed by atoms with E-state index in [1.165, 1.54) is 41.3 Å². The van der Waals surface area contributed by atoms with Crippen LogP contribution in [0.2, 0.25) is 0 Å². The van der Waals surface area contributed by atoms with Crippen LogP contribution in [0, 0.1) is 12.8 Å². The number of fused-ring (bicyclic) bond motifs is 1. The van der Waals surface area contributed by atoms with Crippen molar-refractivity contribution < 1.29 is 19.2 Å². The van der Waals surface area contributed by atoms with E-state index in [4.69, 9.17) is 9.84 Å². The number of ether oxygens (including phenoxy) is 1. The molecule has 5 rings (SSSR count). The summed E-state index contributed by atoms with van der Waals surface area (Å²) >= 11 is 0. The highest BCUT2D eigenvalue weighted by Crippen LogP contribution is 2.35. The number of carbonyl (C=O) groups is 1. The maximum absolute atomic E-state index is 10.2. The molecule has 5 heteroatoms. The number of nitrogens with zero attached hydrogens (tertiary/aromatic N) is 1. The van der Waals surface area contributed by atoms with E-state index in [-0.39, 0.29) is 0 Å². The number of hydrogen-bond donors (Lipinski definition) is 2. The van der Waals surface area contributed by atoms with E-state index >= 15 is 0 Å². The minimum absolute atomic E-state index is 0.331. The first-order valence-corrected chi connectivity index (χ1v) is 11.2. The van der Waals surface area contributed by atoms with Gasteiger partial charge in [-0.3, -0.25) is 0 Å². The van der Waals surface area contributed by atoms with Gasteiger partial charge in [-0.15, -0.1) is 0 Å². The molecule has 1 saturated carbocycles. The molecule has 0 atom stereocenters. The van der Waals surface area contributed by atoms with E-state index in [2.05, 4.69) is 40.9 Å². The molecule has 5 nitrogen and oxygen atoms in total. The van der Waals surface area contributed by atoms with Gasteiger partial charge < -0.3 is 14.8 Å². The van der Waals surface area contributed by atoms with E-state index < -0.39 is 5.97 Å². The maximum atomic E-state index is 10.2. The van der Waals surface area contributed by atoms with Crippen molar-refractivity contribution in [3.8, 4) is 5.75 Å². The predicted molar refractivity (Wildman–Crippen MR) is 128 cm³/mol. The Morgan fingerprint density at radius 1 is 1.22 bits per heavy atom. The zero-order valence-corrected chi connectivity index (χ0v) is 18.8. The van der Waals surface area contributed by atoms with Crippen LogP contribution in [0.3, 0.4) is 0 Å². The Morgan fingerprint density at radius 3 is 2.56 bits per heavy atom. The second kappa shape index (κ2) is 9.86. The number of nitrogens with one attached hydrogen (secondary N) is 1. The summed E-state index contributed by atoms with van der Waals surface area (Å²) in [5.41, 5.74) is 5.74. The zero-order valence-electron chi connectivity index (χ0n) is 18.8. The molecule has 0 radical (unpaired) electrons. The number of benzene rings is 2. The molecule has 0 spiro atoms. The second-order valence-corrected chi connectivity index (χ2v) is 8.53. The van der Waals surface area contributed by atoms with Gasteiger partial charge in [0, 0.05) is 23.5 Å². The third-order valence-corrected chi connectivity index (χ3v) is 6.52. The highest BCUT2D eigenvalue weighted by atomic mass is 16.5. The molecule has 1 fully saturated rings. The summed E-state index contributed by atoms with van der Waals surface area (Å²) in [5.74, 6) is 0.992. The number of carboxylic acid groups (broad SMARTS) is 1. The number of aromatic nitrogens is 1. The van der Waals surface area contributed by atoms with E-state index in [9.17, 15) is 4.79 Å². The molecule has 32 heavy (non-hydrogen) atoms. The monoisotopic (exact) mass is 431 g/mol. The number of methoxy groups -OCH3 is 1. The van der Waals surface area contributed by atoms with Crippen LogP contribution < -0.4 is 4.74 Å². The molecule has 2 aliphatic rings. The average molecular weight is 432 g/mol.